The lowest BCUT2D eigenvalue weighted by atomic mass is 10.1. The third-order valence-corrected chi connectivity index (χ3v) is 5.96. The number of aryl methyl sites for hydroxylation is 1. The van der Waals surface area contributed by atoms with Crippen LogP contribution in [0.5, 0.6) is 0 Å². The molecule has 0 bridgehead atoms. The summed E-state index contributed by atoms with van der Waals surface area (Å²) in [6.07, 6.45) is 3.87. The number of nitrogens with zero attached hydrogens (tertiary/aromatic N) is 3. The van der Waals surface area contributed by atoms with Crippen molar-refractivity contribution >= 4 is 16.8 Å². The van der Waals surface area contributed by atoms with Crippen LogP contribution in [0.2, 0.25) is 0 Å². The second kappa shape index (κ2) is 8.42. The van der Waals surface area contributed by atoms with Crippen molar-refractivity contribution in [3.63, 3.8) is 0 Å². The lowest BCUT2D eigenvalue weighted by molar-refractivity contribution is -0.135. The number of carbonyl (C=O) groups excluding carboxylic acids is 1. The lowest BCUT2D eigenvalue weighted by Crippen LogP contribution is -2.39. The standard InChI is InChI=1S/C25H29N3O2/c1-4-5-16-27(24(29)19-14-15-19)18(3)23-26-21-12-8-7-11-20(21)25(30)28(23)22-13-9-6-10-17(22)2/h6-13,18-19H,4-5,14-16H2,1-3H3. The van der Waals surface area contributed by atoms with Crippen LogP contribution < -0.4 is 5.56 Å². The molecule has 1 aromatic heterocycles. The average molecular weight is 404 g/mol. The van der Waals surface area contributed by atoms with Crippen LogP contribution in [0.1, 0.15) is 57.0 Å². The molecule has 0 N–H and O–H groups in total. The van der Waals surface area contributed by atoms with Gasteiger partial charge in [-0.15, -0.1) is 0 Å². The minimum Gasteiger partial charge on any atom is -0.333 e. The van der Waals surface area contributed by atoms with Crippen molar-refractivity contribution in [2.24, 2.45) is 5.92 Å². The van der Waals surface area contributed by atoms with E-state index in [4.69, 9.17) is 4.98 Å². The molecule has 30 heavy (non-hydrogen) atoms. The molecule has 1 aliphatic rings. The van der Waals surface area contributed by atoms with E-state index in [0.29, 0.717) is 23.3 Å². The van der Waals surface area contributed by atoms with Gasteiger partial charge in [0.05, 0.1) is 22.6 Å². The second-order valence-corrected chi connectivity index (χ2v) is 8.25. The summed E-state index contributed by atoms with van der Waals surface area (Å²) in [5.41, 5.74) is 2.39. The van der Waals surface area contributed by atoms with Gasteiger partial charge in [0, 0.05) is 12.5 Å². The summed E-state index contributed by atoms with van der Waals surface area (Å²) in [6, 6.07) is 15.0. The van der Waals surface area contributed by atoms with Crippen LogP contribution in [0.3, 0.4) is 0 Å². The van der Waals surface area contributed by atoms with Gasteiger partial charge in [-0.3, -0.25) is 14.2 Å². The molecule has 1 amide bonds. The molecule has 5 nitrogen and oxygen atoms in total. The number of carbonyl (C=O) groups is 1. The molecule has 5 heteroatoms. The summed E-state index contributed by atoms with van der Waals surface area (Å²) in [4.78, 5) is 33.5. The van der Waals surface area contributed by atoms with Crippen LogP contribution >= 0.6 is 0 Å². The van der Waals surface area contributed by atoms with Gasteiger partial charge < -0.3 is 4.90 Å². The number of unbranched alkanes of at least 4 members (excludes halogenated alkanes) is 1. The zero-order valence-corrected chi connectivity index (χ0v) is 18.0. The Morgan fingerprint density at radius 1 is 1.17 bits per heavy atom. The van der Waals surface area contributed by atoms with Crippen LogP contribution in [0.25, 0.3) is 16.6 Å². The number of amides is 1. The summed E-state index contributed by atoms with van der Waals surface area (Å²) in [5, 5.41) is 0.588. The van der Waals surface area contributed by atoms with Crippen LogP contribution in [0.4, 0.5) is 0 Å². The van der Waals surface area contributed by atoms with Crippen molar-refractivity contribution in [1.82, 2.24) is 14.5 Å². The third-order valence-electron chi connectivity index (χ3n) is 5.96. The summed E-state index contributed by atoms with van der Waals surface area (Å²) in [6.45, 7) is 6.81. The normalized spacial score (nSPS) is 14.6. The van der Waals surface area contributed by atoms with Gasteiger partial charge in [-0.1, -0.05) is 43.7 Å². The molecule has 0 spiro atoms. The van der Waals surface area contributed by atoms with Gasteiger partial charge in [-0.25, -0.2) is 4.98 Å². The van der Waals surface area contributed by atoms with Gasteiger partial charge in [-0.05, 0) is 56.9 Å². The molecule has 0 aliphatic heterocycles. The van der Waals surface area contributed by atoms with Crippen molar-refractivity contribution in [2.45, 2.75) is 52.5 Å². The molecule has 0 saturated heterocycles. The first kappa shape index (κ1) is 20.3. The molecular weight excluding hydrogens is 374 g/mol. The first-order valence-electron chi connectivity index (χ1n) is 10.9. The Hall–Kier alpha value is -2.95. The predicted octanol–water partition coefficient (Wildman–Crippen LogP) is 4.79. The predicted molar refractivity (Wildman–Crippen MR) is 120 cm³/mol. The largest absolute Gasteiger partial charge is 0.333 e. The zero-order chi connectivity index (χ0) is 21.3. The number of fused-ring (bicyclic) bond motifs is 1. The highest BCUT2D eigenvalue weighted by atomic mass is 16.2. The average Bonchev–Trinajstić information content (AvgIpc) is 3.60. The molecule has 2 aromatic carbocycles. The summed E-state index contributed by atoms with van der Waals surface area (Å²) in [5.74, 6) is 0.941. The van der Waals surface area contributed by atoms with Crippen molar-refractivity contribution in [3.8, 4) is 5.69 Å². The molecule has 3 aromatic rings. The van der Waals surface area contributed by atoms with Gasteiger partial charge in [0.2, 0.25) is 5.91 Å². The number of hydrogen-bond donors (Lipinski definition) is 0. The maximum absolute atomic E-state index is 13.6. The fourth-order valence-electron chi connectivity index (χ4n) is 4.00. The Morgan fingerprint density at radius 2 is 1.87 bits per heavy atom. The van der Waals surface area contributed by atoms with Gasteiger partial charge in [0.1, 0.15) is 5.82 Å². The Bertz CT molecular complexity index is 1130. The molecule has 0 radical (unpaired) electrons. The zero-order valence-electron chi connectivity index (χ0n) is 18.0. The van der Waals surface area contributed by atoms with Crippen LogP contribution in [0, 0.1) is 12.8 Å². The molecule has 1 heterocycles. The van der Waals surface area contributed by atoms with Crippen LogP contribution in [-0.2, 0) is 4.79 Å². The SMILES string of the molecule is CCCCN(C(=O)C1CC1)C(C)c1nc2ccccc2c(=O)n1-c1ccccc1C. The van der Waals surface area contributed by atoms with E-state index in [0.717, 1.165) is 36.9 Å². The highest BCUT2D eigenvalue weighted by Gasteiger charge is 2.36. The van der Waals surface area contributed by atoms with E-state index >= 15 is 0 Å². The number of hydrogen-bond acceptors (Lipinski definition) is 3. The molecule has 156 valence electrons. The third kappa shape index (κ3) is 3.76. The van der Waals surface area contributed by atoms with Gasteiger partial charge >= 0.3 is 0 Å². The fourth-order valence-corrected chi connectivity index (χ4v) is 4.00. The maximum atomic E-state index is 13.6. The van der Waals surface area contributed by atoms with Crippen molar-refractivity contribution < 1.29 is 4.79 Å². The van der Waals surface area contributed by atoms with Crippen LogP contribution in [0.15, 0.2) is 53.3 Å². The molecule has 1 aliphatic carbocycles. The van der Waals surface area contributed by atoms with Gasteiger partial charge in [-0.2, -0.15) is 0 Å². The number of para-hydroxylation sites is 2. The van der Waals surface area contributed by atoms with Crippen LogP contribution in [-0.4, -0.2) is 26.9 Å². The molecular formula is C25H29N3O2. The maximum Gasteiger partial charge on any atom is 0.266 e. The second-order valence-electron chi connectivity index (χ2n) is 8.25. The summed E-state index contributed by atoms with van der Waals surface area (Å²) in [7, 11) is 0. The van der Waals surface area contributed by atoms with E-state index in [9.17, 15) is 9.59 Å². The smallest absolute Gasteiger partial charge is 0.266 e. The van der Waals surface area contributed by atoms with Crippen molar-refractivity contribution in [3.05, 3.63) is 70.3 Å². The topological polar surface area (TPSA) is 55.2 Å². The number of benzene rings is 2. The monoisotopic (exact) mass is 403 g/mol. The Balaban J connectivity index is 1.92. The quantitative estimate of drug-likeness (QED) is 0.570. The highest BCUT2D eigenvalue weighted by Crippen LogP contribution is 2.34. The first-order valence-corrected chi connectivity index (χ1v) is 10.9. The Morgan fingerprint density at radius 3 is 2.57 bits per heavy atom. The molecule has 4 rings (SSSR count). The van der Waals surface area contributed by atoms with E-state index in [1.807, 2.05) is 67.3 Å². The fraction of sp³-hybridized carbons (Fsp3) is 0.400. The number of aromatic nitrogens is 2. The molecule has 1 saturated carbocycles. The Kier molecular flexibility index (Phi) is 5.71. The van der Waals surface area contributed by atoms with Crippen molar-refractivity contribution in [1.29, 1.82) is 0 Å². The van der Waals surface area contributed by atoms with E-state index < -0.39 is 0 Å². The number of rotatable bonds is 7. The van der Waals surface area contributed by atoms with Gasteiger partial charge in [0.15, 0.2) is 0 Å². The Labute approximate surface area is 177 Å². The van der Waals surface area contributed by atoms with E-state index in [-0.39, 0.29) is 23.4 Å². The van der Waals surface area contributed by atoms with E-state index in [1.54, 1.807) is 4.57 Å². The minimum absolute atomic E-state index is 0.0916. The highest BCUT2D eigenvalue weighted by molar-refractivity contribution is 5.82. The minimum atomic E-state index is -0.290. The molecule has 1 fully saturated rings. The molecule has 1 unspecified atom stereocenters. The van der Waals surface area contributed by atoms with E-state index in [1.165, 1.54) is 0 Å². The summed E-state index contributed by atoms with van der Waals surface area (Å²) < 4.78 is 1.71. The van der Waals surface area contributed by atoms with E-state index in [2.05, 4.69) is 6.92 Å². The van der Waals surface area contributed by atoms with Crippen molar-refractivity contribution in [2.75, 3.05) is 6.54 Å². The molecule has 1 atom stereocenters. The van der Waals surface area contributed by atoms with Gasteiger partial charge in [0.25, 0.3) is 5.56 Å². The summed E-state index contributed by atoms with van der Waals surface area (Å²) >= 11 is 0. The first-order chi connectivity index (χ1) is 14.5. The lowest BCUT2D eigenvalue weighted by Gasteiger charge is -2.31.